The van der Waals surface area contributed by atoms with Gasteiger partial charge in [0.25, 0.3) is 0 Å². The third kappa shape index (κ3) is 2.86. The fourth-order valence-corrected chi connectivity index (χ4v) is 4.65. The summed E-state index contributed by atoms with van der Waals surface area (Å²) in [5, 5.41) is 3.00. The van der Waals surface area contributed by atoms with E-state index in [0.717, 1.165) is 51.0 Å². The fourth-order valence-electron chi connectivity index (χ4n) is 4.65. The summed E-state index contributed by atoms with van der Waals surface area (Å²) in [6, 6.07) is 12.9. The number of hydrogen-bond donors (Lipinski definition) is 0. The van der Waals surface area contributed by atoms with Gasteiger partial charge >= 0.3 is 0 Å². The molecule has 0 spiro atoms. The first-order valence-electron chi connectivity index (χ1n) is 9.83. The maximum atomic E-state index is 13.2. The number of carbonyl (C=O) groups excluding carboxylic acids is 1. The lowest BCUT2D eigenvalue weighted by Gasteiger charge is -2.30. The summed E-state index contributed by atoms with van der Waals surface area (Å²) >= 11 is 0. The van der Waals surface area contributed by atoms with Gasteiger partial charge in [-0.15, -0.1) is 0 Å². The molecule has 5 rings (SSSR count). The van der Waals surface area contributed by atoms with Crippen LogP contribution in [0.3, 0.4) is 0 Å². The van der Waals surface area contributed by atoms with Crippen molar-refractivity contribution < 1.29 is 9.18 Å². The van der Waals surface area contributed by atoms with Crippen LogP contribution in [0.15, 0.2) is 42.5 Å². The van der Waals surface area contributed by atoms with Crippen LogP contribution >= 0.6 is 0 Å². The second kappa shape index (κ2) is 6.10. The van der Waals surface area contributed by atoms with Crippen LogP contribution in [0.25, 0.3) is 23.1 Å². The summed E-state index contributed by atoms with van der Waals surface area (Å²) in [5.74, 6) is 0.200. The van der Waals surface area contributed by atoms with E-state index in [2.05, 4.69) is 38.1 Å². The fraction of sp³-hybridized carbons (Fsp3) is 0.280. The van der Waals surface area contributed by atoms with Crippen LogP contribution in [0.5, 0.6) is 0 Å². The number of Topliss-reactive ketones (excluding diaryl/α,β-unsaturated/α-hetero) is 1. The lowest BCUT2D eigenvalue weighted by atomic mass is 9.73. The van der Waals surface area contributed by atoms with Crippen molar-refractivity contribution in [2.45, 2.75) is 39.0 Å². The van der Waals surface area contributed by atoms with Gasteiger partial charge in [-0.25, -0.2) is 9.37 Å². The summed E-state index contributed by atoms with van der Waals surface area (Å²) in [4.78, 5) is 17.7. The van der Waals surface area contributed by atoms with Crippen LogP contribution in [0, 0.1) is 11.2 Å². The molecule has 1 aromatic heterocycles. The van der Waals surface area contributed by atoms with Gasteiger partial charge in [-0.3, -0.25) is 4.79 Å². The number of nitrogens with zero attached hydrogens (tertiary/aromatic N) is 1. The predicted octanol–water partition coefficient (Wildman–Crippen LogP) is 4.28. The highest BCUT2D eigenvalue weighted by atomic mass is 19.1. The van der Waals surface area contributed by atoms with Crippen LogP contribution < -0.4 is 10.6 Å². The summed E-state index contributed by atoms with van der Waals surface area (Å²) in [7, 11) is 0. The van der Waals surface area contributed by atoms with E-state index >= 15 is 0 Å². The van der Waals surface area contributed by atoms with Gasteiger partial charge in [-0.2, -0.15) is 0 Å². The molecule has 1 atom stereocenters. The minimum Gasteiger partial charge on any atom is -0.294 e. The zero-order valence-electron chi connectivity index (χ0n) is 16.1. The molecule has 2 aromatic carbocycles. The Balaban J connectivity index is 1.65. The van der Waals surface area contributed by atoms with Crippen LogP contribution in [-0.4, -0.2) is 10.8 Å². The molecule has 1 unspecified atom stereocenters. The number of ketones is 1. The largest absolute Gasteiger partial charge is 0.294 e. The van der Waals surface area contributed by atoms with E-state index in [-0.39, 0.29) is 22.9 Å². The molecule has 3 heteroatoms. The normalized spacial score (nSPS) is 20.1. The molecule has 1 heterocycles. The molecule has 0 saturated heterocycles. The molecule has 2 nitrogen and oxygen atoms in total. The summed E-state index contributed by atoms with van der Waals surface area (Å²) in [5.41, 5.74) is 3.98. The quantitative estimate of drug-likeness (QED) is 0.639. The minimum absolute atomic E-state index is 0.0156. The average Bonchev–Trinajstić information content (AvgIpc) is 2.65. The van der Waals surface area contributed by atoms with Crippen molar-refractivity contribution >= 4 is 28.8 Å². The van der Waals surface area contributed by atoms with Crippen LogP contribution in [0.2, 0.25) is 0 Å². The molecular weight excluding hydrogens is 349 g/mol. The van der Waals surface area contributed by atoms with E-state index in [1.807, 2.05) is 18.2 Å². The van der Waals surface area contributed by atoms with Crippen LogP contribution in [0.4, 0.5) is 4.39 Å². The molecule has 28 heavy (non-hydrogen) atoms. The second-order valence-corrected chi connectivity index (χ2v) is 8.83. The highest BCUT2D eigenvalue weighted by Gasteiger charge is 2.32. The monoisotopic (exact) mass is 371 g/mol. The number of benzene rings is 2. The number of fused-ring (bicyclic) bond motifs is 4. The lowest BCUT2D eigenvalue weighted by molar-refractivity contribution is 0.0914. The van der Waals surface area contributed by atoms with E-state index in [9.17, 15) is 9.18 Å². The molecule has 0 aliphatic heterocycles. The maximum Gasteiger partial charge on any atom is 0.164 e. The molecular formula is C25H22FNO. The van der Waals surface area contributed by atoms with Crippen molar-refractivity contribution in [3.8, 4) is 0 Å². The van der Waals surface area contributed by atoms with Gasteiger partial charge in [0.1, 0.15) is 5.82 Å². The van der Waals surface area contributed by atoms with Crippen LogP contribution in [-0.2, 0) is 6.42 Å². The maximum absolute atomic E-state index is 13.2. The van der Waals surface area contributed by atoms with E-state index in [1.54, 1.807) is 0 Å². The molecule has 2 aliphatic rings. The van der Waals surface area contributed by atoms with E-state index in [1.165, 1.54) is 12.1 Å². The van der Waals surface area contributed by atoms with Crippen molar-refractivity contribution in [1.29, 1.82) is 0 Å². The first-order valence-corrected chi connectivity index (χ1v) is 9.83. The summed E-state index contributed by atoms with van der Waals surface area (Å²) in [6.07, 6.45) is 6.70. The topological polar surface area (TPSA) is 30.0 Å². The van der Waals surface area contributed by atoms with Crippen molar-refractivity contribution in [2.75, 3.05) is 0 Å². The molecule has 0 radical (unpaired) electrons. The minimum atomic E-state index is -0.217. The number of aromatic nitrogens is 1. The Morgan fingerprint density at radius 3 is 2.64 bits per heavy atom. The number of hydrogen-bond acceptors (Lipinski definition) is 2. The van der Waals surface area contributed by atoms with Crippen LogP contribution in [0.1, 0.15) is 54.1 Å². The third-order valence-corrected chi connectivity index (χ3v) is 5.98. The Kier molecular flexibility index (Phi) is 3.77. The van der Waals surface area contributed by atoms with Gasteiger partial charge in [-0.05, 0) is 58.9 Å². The molecule has 0 bridgehead atoms. The first-order chi connectivity index (χ1) is 13.4. The molecule has 2 aliphatic carbocycles. The van der Waals surface area contributed by atoms with Gasteiger partial charge in [0.2, 0.25) is 0 Å². The zero-order chi connectivity index (χ0) is 19.5. The third-order valence-electron chi connectivity index (χ3n) is 5.98. The molecule has 140 valence electrons. The smallest absolute Gasteiger partial charge is 0.164 e. The van der Waals surface area contributed by atoms with Crippen molar-refractivity contribution in [2.24, 2.45) is 5.41 Å². The highest BCUT2D eigenvalue weighted by Crippen LogP contribution is 2.37. The van der Waals surface area contributed by atoms with Crippen molar-refractivity contribution in [3.63, 3.8) is 0 Å². The lowest BCUT2D eigenvalue weighted by Crippen LogP contribution is -2.33. The number of carbonyl (C=O) groups is 1. The first kappa shape index (κ1) is 17.3. The summed E-state index contributed by atoms with van der Waals surface area (Å²) < 4.78 is 13.2. The molecule has 0 N–H and O–H groups in total. The van der Waals surface area contributed by atoms with Gasteiger partial charge in [-0.1, -0.05) is 44.2 Å². The van der Waals surface area contributed by atoms with Gasteiger partial charge in [0.15, 0.2) is 5.78 Å². The zero-order valence-corrected chi connectivity index (χ0v) is 16.1. The van der Waals surface area contributed by atoms with Crippen molar-refractivity contribution in [3.05, 3.63) is 75.5 Å². The standard InChI is InChI=1S/C25H22FNO/c1-25(2)13-18-7-10-21-20(24(18)23(28)14-25)11-17-4-3-16(12-22(17)27-21)15-5-8-19(26)9-6-15/h4-12,16H,3,13-14H2,1-2H3. The summed E-state index contributed by atoms with van der Waals surface area (Å²) in [6.45, 7) is 4.31. The Labute approximate surface area is 163 Å². The number of rotatable bonds is 1. The molecule has 0 amide bonds. The molecule has 0 fully saturated rings. The number of pyridine rings is 1. The van der Waals surface area contributed by atoms with Gasteiger partial charge < -0.3 is 0 Å². The Hall–Kier alpha value is -2.81. The molecule has 3 aromatic rings. The van der Waals surface area contributed by atoms with E-state index in [0.29, 0.717) is 6.42 Å². The number of halogens is 1. The van der Waals surface area contributed by atoms with E-state index in [4.69, 9.17) is 4.98 Å². The second-order valence-electron chi connectivity index (χ2n) is 8.83. The Morgan fingerprint density at radius 2 is 1.86 bits per heavy atom. The molecule has 0 saturated carbocycles. The van der Waals surface area contributed by atoms with Crippen molar-refractivity contribution in [1.82, 2.24) is 4.98 Å². The average molecular weight is 371 g/mol. The Bertz CT molecular complexity index is 1240. The Morgan fingerprint density at radius 1 is 1.07 bits per heavy atom. The van der Waals surface area contributed by atoms with Gasteiger partial charge in [0.05, 0.1) is 10.9 Å². The van der Waals surface area contributed by atoms with E-state index < -0.39 is 0 Å². The SMILES string of the molecule is CC1(C)CC(=O)c2c(ccc3nc4c(cc23)=CCC(c2ccc(F)cc2)C=4)C1. The van der Waals surface area contributed by atoms with Gasteiger partial charge in [0, 0.05) is 23.3 Å². The highest BCUT2D eigenvalue weighted by molar-refractivity contribution is 6.09. The predicted molar refractivity (Wildman–Crippen MR) is 110 cm³/mol.